The van der Waals surface area contributed by atoms with Crippen LogP contribution in [0.25, 0.3) is 0 Å². The van der Waals surface area contributed by atoms with Crippen molar-refractivity contribution in [1.29, 1.82) is 0 Å². The van der Waals surface area contributed by atoms with Crippen LogP contribution in [0.4, 0.5) is 0 Å². The third kappa shape index (κ3) is 4.62. The van der Waals surface area contributed by atoms with Gasteiger partial charge in [0, 0.05) is 5.56 Å². The highest BCUT2D eigenvalue weighted by atomic mass is 16.1. The molecule has 1 fully saturated rings. The van der Waals surface area contributed by atoms with Crippen molar-refractivity contribution >= 4 is 13.6 Å². The molecule has 0 aliphatic carbocycles. The molecule has 0 bridgehead atoms. The van der Waals surface area contributed by atoms with Crippen LogP contribution in [0.2, 0.25) is 6.32 Å². The van der Waals surface area contributed by atoms with Gasteiger partial charge in [-0.05, 0) is 39.3 Å². The summed E-state index contributed by atoms with van der Waals surface area (Å²) in [5.74, 6) is -0.0133. The zero-order valence-corrected chi connectivity index (χ0v) is 9.86. The molecule has 84 valence electrons. The zero-order valence-electron chi connectivity index (χ0n) is 9.86. The molecule has 1 aliphatic heterocycles. The minimum atomic E-state index is -0.0133. The van der Waals surface area contributed by atoms with Gasteiger partial charge in [0.05, 0.1) is 7.85 Å². The molecule has 0 saturated carbocycles. The van der Waals surface area contributed by atoms with E-state index in [9.17, 15) is 4.79 Å². The van der Waals surface area contributed by atoms with Gasteiger partial charge in [-0.15, -0.1) is 0 Å². The summed E-state index contributed by atoms with van der Waals surface area (Å²) in [5, 5.41) is 0. The van der Waals surface area contributed by atoms with Gasteiger partial charge in [-0.3, -0.25) is 4.79 Å². The van der Waals surface area contributed by atoms with Crippen LogP contribution < -0.4 is 0 Å². The molecule has 3 heteroatoms. The Kier molecular flexibility index (Phi) is 5.87. The summed E-state index contributed by atoms with van der Waals surface area (Å²) in [5.41, 5.74) is 0.685. The minimum Gasteiger partial charge on any atom is -0.306 e. The molecule has 0 N–H and O–H groups in total. The van der Waals surface area contributed by atoms with E-state index >= 15 is 0 Å². The van der Waals surface area contributed by atoms with Gasteiger partial charge in [0.2, 0.25) is 0 Å². The Morgan fingerprint density at radius 1 is 1.25 bits per heavy atom. The fraction of sp³-hybridized carbons (Fsp3) is 0.462. The molecule has 0 unspecified atom stereocenters. The van der Waals surface area contributed by atoms with Crippen LogP contribution in [0.3, 0.4) is 0 Å². The summed E-state index contributed by atoms with van der Waals surface area (Å²) >= 11 is 0. The fourth-order valence-corrected chi connectivity index (χ4v) is 1.62. The fourth-order valence-electron chi connectivity index (χ4n) is 1.62. The third-order valence-electron chi connectivity index (χ3n) is 2.61. The molecule has 2 radical (unpaired) electrons. The quantitative estimate of drug-likeness (QED) is 0.556. The lowest BCUT2D eigenvalue weighted by atomic mass is 9.96. The summed E-state index contributed by atoms with van der Waals surface area (Å²) in [6, 6.07) is 9.03. The molecule has 1 saturated heterocycles. The number of carbonyl (C=O) groups is 1. The van der Waals surface area contributed by atoms with Crippen molar-refractivity contribution in [3.05, 3.63) is 35.9 Å². The van der Waals surface area contributed by atoms with Gasteiger partial charge in [0.1, 0.15) is 0 Å². The number of benzene rings is 1. The Bertz CT molecular complexity index is 307. The number of rotatable bonds is 2. The maximum atomic E-state index is 10.9. The molecule has 1 aliphatic rings. The molecule has 1 aromatic carbocycles. The van der Waals surface area contributed by atoms with Gasteiger partial charge in [0.15, 0.2) is 5.78 Å². The standard InChI is InChI=1S/C8H7BO.C5H11N/c9-6-8(10)7-4-2-1-3-5-7;1-6-4-2-3-5-6/h1-5H,6H2;2-5H2,1H3. The van der Waals surface area contributed by atoms with Crippen LogP contribution in [0.5, 0.6) is 0 Å². The number of carbonyl (C=O) groups excluding carboxylic acids is 1. The van der Waals surface area contributed by atoms with Gasteiger partial charge in [-0.2, -0.15) is 0 Å². The molecule has 2 nitrogen and oxygen atoms in total. The number of likely N-dealkylation sites (tertiary alicyclic amines) is 1. The molecular weight excluding hydrogens is 197 g/mol. The van der Waals surface area contributed by atoms with Crippen molar-refractivity contribution in [1.82, 2.24) is 4.90 Å². The van der Waals surface area contributed by atoms with Crippen molar-refractivity contribution in [2.75, 3.05) is 20.1 Å². The van der Waals surface area contributed by atoms with Crippen LogP contribution in [0, 0.1) is 0 Å². The molecule has 0 aromatic heterocycles. The van der Waals surface area contributed by atoms with Gasteiger partial charge < -0.3 is 4.90 Å². The normalized spacial score (nSPS) is 15.3. The average molecular weight is 215 g/mol. The highest BCUT2D eigenvalue weighted by molar-refractivity contribution is 6.23. The third-order valence-corrected chi connectivity index (χ3v) is 2.61. The SMILES string of the molecule is CN1CCCC1.[B]CC(=O)c1ccccc1. The second kappa shape index (κ2) is 7.23. The number of ketones is 1. The molecule has 0 spiro atoms. The topological polar surface area (TPSA) is 20.3 Å². The summed E-state index contributed by atoms with van der Waals surface area (Å²) in [7, 11) is 7.33. The van der Waals surface area contributed by atoms with E-state index in [1.54, 1.807) is 12.1 Å². The van der Waals surface area contributed by atoms with Gasteiger partial charge in [0.25, 0.3) is 0 Å². The molecule has 0 amide bonds. The lowest BCUT2D eigenvalue weighted by Gasteiger charge is -2.01. The summed E-state index contributed by atoms with van der Waals surface area (Å²) < 4.78 is 0. The lowest BCUT2D eigenvalue weighted by molar-refractivity contribution is 0.101. The van der Waals surface area contributed by atoms with E-state index in [1.807, 2.05) is 18.2 Å². The summed E-state index contributed by atoms with van der Waals surface area (Å²) in [4.78, 5) is 13.2. The van der Waals surface area contributed by atoms with E-state index in [2.05, 4.69) is 11.9 Å². The first-order chi connectivity index (χ1) is 7.74. The molecule has 1 heterocycles. The molecule has 0 atom stereocenters. The first kappa shape index (κ1) is 13.0. The van der Waals surface area contributed by atoms with Gasteiger partial charge in [-0.1, -0.05) is 30.3 Å². The Morgan fingerprint density at radius 2 is 1.81 bits per heavy atom. The predicted octanol–water partition coefficient (Wildman–Crippen LogP) is 2.17. The predicted molar refractivity (Wildman–Crippen MR) is 68.1 cm³/mol. The van der Waals surface area contributed by atoms with Crippen molar-refractivity contribution in [2.24, 2.45) is 0 Å². The van der Waals surface area contributed by atoms with E-state index in [0.29, 0.717) is 5.56 Å². The Labute approximate surface area is 99.1 Å². The zero-order chi connectivity index (χ0) is 11.8. The van der Waals surface area contributed by atoms with E-state index in [-0.39, 0.29) is 12.1 Å². The Balaban J connectivity index is 0.000000181. The van der Waals surface area contributed by atoms with Crippen molar-refractivity contribution < 1.29 is 4.79 Å². The first-order valence-electron chi connectivity index (χ1n) is 5.71. The molecule has 2 rings (SSSR count). The van der Waals surface area contributed by atoms with Crippen LogP contribution in [-0.4, -0.2) is 38.7 Å². The lowest BCUT2D eigenvalue weighted by Crippen LogP contribution is -2.10. The monoisotopic (exact) mass is 215 g/mol. The van der Waals surface area contributed by atoms with Crippen LogP contribution in [-0.2, 0) is 0 Å². The number of Topliss-reactive ketones (excluding diaryl/α,β-unsaturated/α-hetero) is 1. The van der Waals surface area contributed by atoms with Crippen molar-refractivity contribution in [3.63, 3.8) is 0 Å². The van der Waals surface area contributed by atoms with Crippen molar-refractivity contribution in [3.8, 4) is 0 Å². The van der Waals surface area contributed by atoms with Crippen LogP contribution >= 0.6 is 0 Å². The summed E-state index contributed by atoms with van der Waals surface area (Å²) in [6.07, 6.45) is 2.91. The molecule has 1 aromatic rings. The number of hydrogen-bond acceptors (Lipinski definition) is 2. The van der Waals surface area contributed by atoms with E-state index in [1.165, 1.54) is 25.9 Å². The van der Waals surface area contributed by atoms with E-state index < -0.39 is 0 Å². The van der Waals surface area contributed by atoms with Gasteiger partial charge >= 0.3 is 0 Å². The number of hydrogen-bond donors (Lipinski definition) is 0. The second-order valence-corrected chi connectivity index (χ2v) is 4.00. The smallest absolute Gasteiger partial charge is 0.154 e. The maximum Gasteiger partial charge on any atom is 0.154 e. The first-order valence-corrected chi connectivity index (χ1v) is 5.71. The largest absolute Gasteiger partial charge is 0.306 e. The van der Waals surface area contributed by atoms with Crippen molar-refractivity contribution in [2.45, 2.75) is 19.2 Å². The Hall–Kier alpha value is -1.09. The van der Waals surface area contributed by atoms with E-state index in [0.717, 1.165) is 0 Å². The van der Waals surface area contributed by atoms with Crippen LogP contribution in [0.1, 0.15) is 23.2 Å². The highest BCUT2D eigenvalue weighted by Crippen LogP contribution is 2.02. The summed E-state index contributed by atoms with van der Waals surface area (Å²) in [6.45, 7) is 2.64. The molecule has 16 heavy (non-hydrogen) atoms. The van der Waals surface area contributed by atoms with E-state index in [4.69, 9.17) is 7.85 Å². The molecular formula is C13H18BNO. The maximum absolute atomic E-state index is 10.9. The second-order valence-electron chi connectivity index (χ2n) is 4.00. The highest BCUT2D eigenvalue weighted by Gasteiger charge is 2.03. The minimum absolute atomic E-state index is 0.0133. The average Bonchev–Trinajstić information content (AvgIpc) is 2.81. The van der Waals surface area contributed by atoms with Gasteiger partial charge in [-0.25, -0.2) is 0 Å². The Morgan fingerprint density at radius 3 is 2.19 bits per heavy atom. The number of nitrogens with zero attached hydrogens (tertiary/aromatic N) is 1. The van der Waals surface area contributed by atoms with Crippen LogP contribution in [0.15, 0.2) is 30.3 Å².